The molecule has 27 heavy (non-hydrogen) atoms. The third kappa shape index (κ3) is 3.59. The second-order valence-electron chi connectivity index (χ2n) is 6.22. The van der Waals surface area contributed by atoms with Gasteiger partial charge in [-0.3, -0.25) is 8.61 Å². The summed E-state index contributed by atoms with van der Waals surface area (Å²) in [5.74, 6) is 0.102. The van der Waals surface area contributed by atoms with E-state index in [1.807, 2.05) is 0 Å². The van der Waals surface area contributed by atoms with Gasteiger partial charge in [0.05, 0.1) is 22.0 Å². The van der Waals surface area contributed by atoms with Gasteiger partial charge < -0.3 is 0 Å². The molecule has 1 fully saturated rings. The van der Waals surface area contributed by atoms with E-state index in [0.717, 1.165) is 0 Å². The highest BCUT2D eigenvalue weighted by atomic mass is 32.2. The van der Waals surface area contributed by atoms with E-state index < -0.39 is 20.0 Å². The molecule has 0 aliphatic carbocycles. The molecular weight excluding hydrogens is 384 g/mol. The Morgan fingerprint density at radius 2 is 1.70 bits per heavy atom. The van der Waals surface area contributed by atoms with Crippen molar-refractivity contribution in [3.05, 3.63) is 66.2 Å². The van der Waals surface area contributed by atoms with Crippen LogP contribution in [0.25, 0.3) is 5.70 Å². The van der Waals surface area contributed by atoms with E-state index in [1.54, 1.807) is 55.5 Å². The van der Waals surface area contributed by atoms with Crippen molar-refractivity contribution in [2.45, 2.75) is 18.2 Å². The minimum Gasteiger partial charge on any atom is -0.270 e. The van der Waals surface area contributed by atoms with Crippen LogP contribution in [0, 0.1) is 0 Å². The highest BCUT2D eigenvalue weighted by Gasteiger charge is 2.32. The molecule has 1 saturated heterocycles. The Morgan fingerprint density at radius 3 is 2.30 bits per heavy atom. The normalized spacial score (nSPS) is 17.1. The predicted octanol–water partition coefficient (Wildman–Crippen LogP) is 2.91. The Labute approximate surface area is 160 Å². The molecule has 1 aliphatic heterocycles. The lowest BCUT2D eigenvalue weighted by Gasteiger charge is -2.27. The summed E-state index contributed by atoms with van der Waals surface area (Å²) in [5, 5.41) is 0. The van der Waals surface area contributed by atoms with E-state index >= 15 is 0 Å². The standard InChI is InChI=1S/C19H22N2O4S2/c1-3-18(20(2)27(24,25)16-10-5-4-6-11-16)17-12-7-8-13-19(17)21-14-9-15-26(21,22)23/h3-8,10-13H,9,14-15H2,1-2H3/b18-3-. The van der Waals surface area contributed by atoms with Crippen LogP contribution in [0.3, 0.4) is 0 Å². The summed E-state index contributed by atoms with van der Waals surface area (Å²) in [5.41, 5.74) is 1.49. The lowest BCUT2D eigenvalue weighted by molar-refractivity contribution is 0.546. The molecule has 144 valence electrons. The molecular formula is C19H22N2O4S2. The first kappa shape index (κ1) is 19.4. The zero-order chi connectivity index (χ0) is 19.7. The Morgan fingerprint density at radius 1 is 1.07 bits per heavy atom. The number of allylic oxidation sites excluding steroid dienone is 1. The second kappa shape index (κ2) is 7.36. The van der Waals surface area contributed by atoms with Gasteiger partial charge in [-0.05, 0) is 31.5 Å². The summed E-state index contributed by atoms with van der Waals surface area (Å²) in [6, 6.07) is 15.1. The van der Waals surface area contributed by atoms with Gasteiger partial charge in [0, 0.05) is 19.2 Å². The number of benzene rings is 2. The van der Waals surface area contributed by atoms with Crippen molar-refractivity contribution < 1.29 is 16.8 Å². The first-order valence-corrected chi connectivity index (χ1v) is 11.6. The number of rotatable bonds is 5. The van der Waals surface area contributed by atoms with Crippen LogP contribution < -0.4 is 4.31 Å². The first-order chi connectivity index (χ1) is 12.8. The van der Waals surface area contributed by atoms with Crippen molar-refractivity contribution >= 4 is 31.4 Å². The van der Waals surface area contributed by atoms with Gasteiger partial charge in [0.15, 0.2) is 0 Å². The Hall–Kier alpha value is -2.32. The first-order valence-electron chi connectivity index (χ1n) is 8.59. The molecule has 0 spiro atoms. The van der Waals surface area contributed by atoms with Crippen molar-refractivity contribution in [3.63, 3.8) is 0 Å². The van der Waals surface area contributed by atoms with E-state index in [-0.39, 0.29) is 10.6 Å². The molecule has 1 heterocycles. The summed E-state index contributed by atoms with van der Waals surface area (Å²) in [6.07, 6.45) is 2.24. The third-order valence-corrected chi connectivity index (χ3v) is 8.20. The Bertz CT molecular complexity index is 1060. The van der Waals surface area contributed by atoms with Gasteiger partial charge >= 0.3 is 0 Å². The van der Waals surface area contributed by atoms with Gasteiger partial charge in [-0.2, -0.15) is 0 Å². The molecule has 0 amide bonds. The predicted molar refractivity (Wildman–Crippen MR) is 107 cm³/mol. The van der Waals surface area contributed by atoms with Crippen LogP contribution in [-0.4, -0.2) is 40.5 Å². The second-order valence-corrected chi connectivity index (χ2v) is 10.2. The van der Waals surface area contributed by atoms with E-state index in [2.05, 4.69) is 0 Å². The topological polar surface area (TPSA) is 74.8 Å². The Kier molecular flexibility index (Phi) is 5.30. The van der Waals surface area contributed by atoms with E-state index in [9.17, 15) is 16.8 Å². The van der Waals surface area contributed by atoms with Crippen LogP contribution in [0.4, 0.5) is 5.69 Å². The summed E-state index contributed by atoms with van der Waals surface area (Å²) >= 11 is 0. The maximum atomic E-state index is 13.0. The van der Waals surface area contributed by atoms with Crippen LogP contribution in [0.15, 0.2) is 65.6 Å². The van der Waals surface area contributed by atoms with Gasteiger partial charge in [-0.1, -0.05) is 42.5 Å². The largest absolute Gasteiger partial charge is 0.270 e. The van der Waals surface area contributed by atoms with Gasteiger partial charge in [0.25, 0.3) is 10.0 Å². The molecule has 0 unspecified atom stereocenters. The molecule has 0 N–H and O–H groups in total. The zero-order valence-electron chi connectivity index (χ0n) is 15.2. The number of para-hydroxylation sites is 1. The number of sulfonamides is 2. The molecule has 0 aromatic heterocycles. The van der Waals surface area contributed by atoms with Crippen molar-refractivity contribution in [1.29, 1.82) is 0 Å². The molecule has 0 atom stereocenters. The van der Waals surface area contributed by atoms with Gasteiger partial charge in [-0.15, -0.1) is 0 Å². The van der Waals surface area contributed by atoms with Crippen LogP contribution in [0.1, 0.15) is 18.9 Å². The maximum Gasteiger partial charge on any atom is 0.264 e. The highest BCUT2D eigenvalue weighted by molar-refractivity contribution is 7.93. The lowest BCUT2D eigenvalue weighted by atomic mass is 10.1. The third-order valence-electron chi connectivity index (χ3n) is 4.56. The molecule has 1 aliphatic rings. The van der Waals surface area contributed by atoms with Crippen LogP contribution in [0.2, 0.25) is 0 Å². The summed E-state index contributed by atoms with van der Waals surface area (Å²) in [4.78, 5) is 0.179. The average Bonchev–Trinajstić information content (AvgIpc) is 3.02. The van der Waals surface area contributed by atoms with E-state index in [4.69, 9.17) is 0 Å². The number of hydrogen-bond donors (Lipinski definition) is 0. The molecule has 6 nitrogen and oxygen atoms in total. The fourth-order valence-electron chi connectivity index (χ4n) is 3.20. The summed E-state index contributed by atoms with van der Waals surface area (Å²) < 4.78 is 53.4. The number of anilines is 1. The van der Waals surface area contributed by atoms with Crippen molar-refractivity contribution in [3.8, 4) is 0 Å². The van der Waals surface area contributed by atoms with E-state index in [0.29, 0.717) is 29.9 Å². The van der Waals surface area contributed by atoms with Crippen LogP contribution in [0.5, 0.6) is 0 Å². The smallest absolute Gasteiger partial charge is 0.264 e. The molecule has 2 aromatic carbocycles. The molecule has 0 radical (unpaired) electrons. The van der Waals surface area contributed by atoms with Gasteiger partial charge in [0.2, 0.25) is 10.0 Å². The lowest BCUT2D eigenvalue weighted by Crippen LogP contribution is -2.29. The van der Waals surface area contributed by atoms with Gasteiger partial charge in [-0.25, -0.2) is 16.8 Å². The van der Waals surface area contributed by atoms with Crippen LogP contribution in [-0.2, 0) is 20.0 Å². The van der Waals surface area contributed by atoms with Crippen molar-refractivity contribution in [2.75, 3.05) is 23.7 Å². The monoisotopic (exact) mass is 406 g/mol. The molecule has 0 bridgehead atoms. The summed E-state index contributed by atoms with van der Waals surface area (Å²) in [7, 11) is -5.67. The number of nitrogens with zero attached hydrogens (tertiary/aromatic N) is 2. The summed E-state index contributed by atoms with van der Waals surface area (Å²) in [6.45, 7) is 2.13. The Balaban J connectivity index is 2.08. The van der Waals surface area contributed by atoms with Crippen LogP contribution >= 0.6 is 0 Å². The fourth-order valence-corrected chi connectivity index (χ4v) is 6.07. The molecule has 8 heteroatoms. The van der Waals surface area contributed by atoms with E-state index in [1.165, 1.54) is 27.8 Å². The maximum absolute atomic E-state index is 13.0. The van der Waals surface area contributed by atoms with Crippen molar-refractivity contribution in [1.82, 2.24) is 4.31 Å². The van der Waals surface area contributed by atoms with Crippen molar-refractivity contribution in [2.24, 2.45) is 0 Å². The molecule has 3 rings (SSSR count). The average molecular weight is 407 g/mol. The minimum absolute atomic E-state index is 0.102. The zero-order valence-corrected chi connectivity index (χ0v) is 16.9. The molecule has 2 aromatic rings. The molecule has 0 saturated carbocycles. The fraction of sp³-hybridized carbons (Fsp3) is 0.263. The number of hydrogen-bond acceptors (Lipinski definition) is 4. The minimum atomic E-state index is -3.77. The SMILES string of the molecule is C/C=C(/c1ccccc1N1CCCS1(=O)=O)N(C)S(=O)(=O)c1ccccc1. The highest BCUT2D eigenvalue weighted by Crippen LogP contribution is 2.34. The van der Waals surface area contributed by atoms with Gasteiger partial charge in [0.1, 0.15) is 0 Å². The quantitative estimate of drug-likeness (QED) is 0.765.